The molecule has 0 bridgehead atoms. The van der Waals surface area contributed by atoms with Crippen LogP contribution in [0.5, 0.6) is 0 Å². The summed E-state index contributed by atoms with van der Waals surface area (Å²) in [6, 6.07) is 30.3. The van der Waals surface area contributed by atoms with Gasteiger partial charge < -0.3 is 14.8 Å². The zero-order valence-corrected chi connectivity index (χ0v) is 21.1. The van der Waals surface area contributed by atoms with Crippen molar-refractivity contribution >= 4 is 22.7 Å². The Bertz CT molecular complexity index is 1410. The van der Waals surface area contributed by atoms with Crippen LogP contribution in [0.15, 0.2) is 91.0 Å². The number of amides is 2. The van der Waals surface area contributed by atoms with Gasteiger partial charge in [0.25, 0.3) is 11.8 Å². The molecule has 2 aliphatic rings. The summed E-state index contributed by atoms with van der Waals surface area (Å²) in [5, 5.41) is 4.42. The summed E-state index contributed by atoms with van der Waals surface area (Å²) in [4.78, 5) is 30.7. The number of fused-ring (bicyclic) bond motifs is 3. The number of rotatable bonds is 6. The molecule has 0 spiro atoms. The Hall–Kier alpha value is -3.86. The van der Waals surface area contributed by atoms with Gasteiger partial charge in [0.1, 0.15) is 5.69 Å². The largest absolute Gasteiger partial charge is 0.351 e. The molecule has 4 aromatic rings. The lowest BCUT2D eigenvalue weighted by Gasteiger charge is -2.47. The Balaban J connectivity index is 1.49. The lowest BCUT2D eigenvalue weighted by Crippen LogP contribution is -2.64. The molecule has 6 rings (SSSR count). The second kappa shape index (κ2) is 9.89. The number of hydrogen-bond donors (Lipinski definition) is 1. The molecule has 188 valence electrons. The van der Waals surface area contributed by atoms with Gasteiger partial charge >= 0.3 is 0 Å². The van der Waals surface area contributed by atoms with Crippen LogP contribution in [0, 0.1) is 0 Å². The molecule has 1 fully saturated rings. The molecule has 1 aliphatic heterocycles. The molecule has 5 heteroatoms. The molecule has 1 aromatic heterocycles. The fourth-order valence-corrected chi connectivity index (χ4v) is 6.20. The lowest BCUT2D eigenvalue weighted by atomic mass is 9.83. The SMILES string of the molecule is O=C1c2cc3ccccc3n2C[C@@](C(=O)NC2CCCCC2)(c2ccccc2)N1CCc1ccccc1. The van der Waals surface area contributed by atoms with Crippen LogP contribution >= 0.6 is 0 Å². The molecule has 5 nitrogen and oxygen atoms in total. The predicted octanol–water partition coefficient (Wildman–Crippen LogP) is 5.68. The Morgan fingerprint density at radius 2 is 1.54 bits per heavy atom. The van der Waals surface area contributed by atoms with Crippen LogP contribution in [0.3, 0.4) is 0 Å². The average molecular weight is 492 g/mol. The van der Waals surface area contributed by atoms with E-state index < -0.39 is 5.54 Å². The first-order valence-electron chi connectivity index (χ1n) is 13.5. The summed E-state index contributed by atoms with van der Waals surface area (Å²) in [6.45, 7) is 0.844. The topological polar surface area (TPSA) is 54.3 Å². The summed E-state index contributed by atoms with van der Waals surface area (Å²) in [5.74, 6) is -0.170. The van der Waals surface area contributed by atoms with Crippen LogP contribution in [0.25, 0.3) is 10.9 Å². The predicted molar refractivity (Wildman–Crippen MR) is 146 cm³/mol. The molecule has 1 saturated carbocycles. The number of aromatic nitrogens is 1. The Morgan fingerprint density at radius 1 is 0.865 bits per heavy atom. The van der Waals surface area contributed by atoms with Crippen LogP contribution in [-0.4, -0.2) is 33.9 Å². The summed E-state index contributed by atoms with van der Waals surface area (Å²) >= 11 is 0. The molecule has 1 atom stereocenters. The maximum absolute atomic E-state index is 14.5. The van der Waals surface area contributed by atoms with Gasteiger partial charge in [-0.3, -0.25) is 9.59 Å². The Kier molecular flexibility index (Phi) is 6.29. The van der Waals surface area contributed by atoms with Crippen LogP contribution in [0.1, 0.15) is 53.7 Å². The highest BCUT2D eigenvalue weighted by atomic mass is 16.2. The first-order valence-corrected chi connectivity index (χ1v) is 13.5. The van der Waals surface area contributed by atoms with E-state index in [-0.39, 0.29) is 17.9 Å². The van der Waals surface area contributed by atoms with Crippen molar-refractivity contribution in [1.29, 1.82) is 0 Å². The van der Waals surface area contributed by atoms with E-state index in [9.17, 15) is 9.59 Å². The standard InChI is InChI=1S/C32H33N3O2/c36-30-29-22-25-14-10-11-19-28(25)34(29)23-32(26-15-6-2-7-16-26,31(37)33-27-17-8-3-9-18-27)35(30)21-20-24-12-4-1-5-13-24/h1-2,4-7,10-16,19,22,27H,3,8-9,17-18,20-21,23H2,(H,33,37)/t32-/m0/s1. The summed E-state index contributed by atoms with van der Waals surface area (Å²) in [7, 11) is 0. The third-order valence-corrected chi connectivity index (χ3v) is 8.16. The molecule has 1 aliphatic carbocycles. The van der Waals surface area contributed by atoms with Gasteiger partial charge in [-0.05, 0) is 42.5 Å². The third-order valence-electron chi connectivity index (χ3n) is 8.16. The molecule has 0 unspecified atom stereocenters. The summed E-state index contributed by atoms with van der Waals surface area (Å²) in [6.07, 6.45) is 6.14. The molecule has 0 saturated heterocycles. The van der Waals surface area contributed by atoms with Crippen molar-refractivity contribution in [2.24, 2.45) is 0 Å². The maximum atomic E-state index is 14.5. The minimum atomic E-state index is -1.14. The lowest BCUT2D eigenvalue weighted by molar-refractivity contribution is -0.135. The van der Waals surface area contributed by atoms with E-state index in [2.05, 4.69) is 22.0 Å². The highest BCUT2D eigenvalue weighted by Crippen LogP contribution is 2.39. The van der Waals surface area contributed by atoms with Crippen molar-refractivity contribution in [2.75, 3.05) is 6.54 Å². The first kappa shape index (κ1) is 23.5. The monoisotopic (exact) mass is 491 g/mol. The van der Waals surface area contributed by atoms with E-state index in [1.807, 2.05) is 83.8 Å². The number of nitrogens with one attached hydrogen (secondary N) is 1. The minimum Gasteiger partial charge on any atom is -0.351 e. The maximum Gasteiger partial charge on any atom is 0.271 e. The number of nitrogens with zero attached hydrogens (tertiary/aromatic N) is 2. The zero-order valence-electron chi connectivity index (χ0n) is 21.1. The van der Waals surface area contributed by atoms with Crippen molar-refractivity contribution in [3.63, 3.8) is 0 Å². The molecule has 0 radical (unpaired) electrons. The van der Waals surface area contributed by atoms with Crippen LogP contribution in [0.4, 0.5) is 0 Å². The summed E-state index contributed by atoms with van der Waals surface area (Å²) in [5.41, 5.74) is 2.49. The van der Waals surface area contributed by atoms with E-state index in [1.165, 1.54) is 6.42 Å². The van der Waals surface area contributed by atoms with E-state index in [0.717, 1.165) is 47.7 Å². The molecular weight excluding hydrogens is 458 g/mol. The van der Waals surface area contributed by atoms with Crippen molar-refractivity contribution in [2.45, 2.75) is 56.7 Å². The second-order valence-corrected chi connectivity index (χ2v) is 10.4. The van der Waals surface area contributed by atoms with Crippen LogP contribution in [-0.2, 0) is 23.3 Å². The molecule has 1 N–H and O–H groups in total. The Labute approximate surface area is 218 Å². The van der Waals surface area contributed by atoms with E-state index in [0.29, 0.717) is 25.2 Å². The molecule has 2 amide bonds. The smallest absolute Gasteiger partial charge is 0.271 e. The minimum absolute atomic E-state index is 0.0737. The number of benzene rings is 3. The number of para-hydroxylation sites is 1. The van der Waals surface area contributed by atoms with Gasteiger partial charge in [0, 0.05) is 23.5 Å². The van der Waals surface area contributed by atoms with Gasteiger partial charge in [-0.15, -0.1) is 0 Å². The van der Waals surface area contributed by atoms with Gasteiger partial charge in [0.15, 0.2) is 5.54 Å². The number of hydrogen-bond acceptors (Lipinski definition) is 2. The highest BCUT2D eigenvalue weighted by Gasteiger charge is 2.52. The first-order chi connectivity index (χ1) is 18.2. The van der Waals surface area contributed by atoms with E-state index >= 15 is 0 Å². The normalized spacial score (nSPS) is 20.1. The van der Waals surface area contributed by atoms with Gasteiger partial charge in [-0.1, -0.05) is 98.1 Å². The zero-order chi connectivity index (χ0) is 25.2. The molecule has 2 heterocycles. The fraction of sp³-hybridized carbons (Fsp3) is 0.312. The van der Waals surface area contributed by atoms with E-state index in [4.69, 9.17) is 0 Å². The quantitative estimate of drug-likeness (QED) is 0.377. The third kappa shape index (κ3) is 4.22. The van der Waals surface area contributed by atoms with Crippen molar-refractivity contribution in [3.05, 3.63) is 108 Å². The van der Waals surface area contributed by atoms with Crippen molar-refractivity contribution in [3.8, 4) is 0 Å². The second-order valence-electron chi connectivity index (χ2n) is 10.4. The number of carbonyl (C=O) groups is 2. The van der Waals surface area contributed by atoms with Gasteiger partial charge in [-0.2, -0.15) is 0 Å². The fourth-order valence-electron chi connectivity index (χ4n) is 6.20. The van der Waals surface area contributed by atoms with Gasteiger partial charge in [-0.25, -0.2) is 0 Å². The van der Waals surface area contributed by atoms with Crippen molar-refractivity contribution < 1.29 is 9.59 Å². The van der Waals surface area contributed by atoms with Crippen molar-refractivity contribution in [1.82, 2.24) is 14.8 Å². The average Bonchev–Trinajstić information content (AvgIpc) is 3.32. The van der Waals surface area contributed by atoms with Gasteiger partial charge in [0.2, 0.25) is 0 Å². The van der Waals surface area contributed by atoms with E-state index in [1.54, 1.807) is 0 Å². The van der Waals surface area contributed by atoms with Crippen LogP contribution in [0.2, 0.25) is 0 Å². The summed E-state index contributed by atoms with van der Waals surface area (Å²) < 4.78 is 2.06. The van der Waals surface area contributed by atoms with Gasteiger partial charge in [0.05, 0.1) is 6.54 Å². The number of carbonyl (C=O) groups excluding carboxylic acids is 2. The Morgan fingerprint density at radius 3 is 2.30 bits per heavy atom. The molecule has 3 aromatic carbocycles. The molecular formula is C32H33N3O2. The highest BCUT2D eigenvalue weighted by molar-refractivity contribution is 6.04. The molecule has 37 heavy (non-hydrogen) atoms. The van der Waals surface area contributed by atoms with Crippen LogP contribution < -0.4 is 5.32 Å².